The first kappa shape index (κ1) is 25.6. The summed E-state index contributed by atoms with van der Waals surface area (Å²) in [6, 6.07) is 12.4. The van der Waals surface area contributed by atoms with Gasteiger partial charge in [-0.05, 0) is 49.6 Å². The maximum absolute atomic E-state index is 13.3. The van der Waals surface area contributed by atoms with Gasteiger partial charge in [-0.1, -0.05) is 37.6 Å². The molecule has 9 heteroatoms. The summed E-state index contributed by atoms with van der Waals surface area (Å²) >= 11 is 6.21. The lowest BCUT2D eigenvalue weighted by atomic mass is 10.2. The predicted octanol–water partition coefficient (Wildman–Crippen LogP) is 5.48. The van der Waals surface area contributed by atoms with E-state index in [4.69, 9.17) is 21.1 Å². The number of fused-ring (bicyclic) bond motifs is 2. The number of anilines is 1. The number of carbonyl (C=O) groups is 2. The molecular weight excluding hydrogens is 480 g/mol. The second-order valence-corrected chi connectivity index (χ2v) is 9.47. The Balaban J connectivity index is 1.56. The summed E-state index contributed by atoms with van der Waals surface area (Å²) in [6.45, 7) is 5.10. The second kappa shape index (κ2) is 11.9. The van der Waals surface area contributed by atoms with E-state index in [9.17, 15) is 9.59 Å². The Labute approximate surface area is 216 Å². The average molecular weight is 511 g/mol. The molecule has 0 spiro atoms. The van der Waals surface area contributed by atoms with Crippen molar-refractivity contribution in [3.05, 3.63) is 65.7 Å². The summed E-state index contributed by atoms with van der Waals surface area (Å²) in [5, 5.41) is 3.33. The van der Waals surface area contributed by atoms with Crippen molar-refractivity contribution in [2.24, 2.45) is 0 Å². The number of ether oxygens (including phenoxy) is 2. The molecule has 0 fully saturated rings. The Morgan fingerprint density at radius 1 is 1.11 bits per heavy atom. The Hall–Kier alpha value is -3.52. The van der Waals surface area contributed by atoms with E-state index in [2.05, 4.69) is 10.3 Å². The Kier molecular flexibility index (Phi) is 8.48. The molecule has 1 N–H and O–H groups in total. The van der Waals surface area contributed by atoms with Crippen LogP contribution in [-0.4, -0.2) is 46.0 Å². The van der Waals surface area contributed by atoms with Crippen LogP contribution >= 0.6 is 11.6 Å². The van der Waals surface area contributed by atoms with Crippen molar-refractivity contribution in [2.45, 2.75) is 45.6 Å². The van der Waals surface area contributed by atoms with Crippen molar-refractivity contribution in [1.29, 1.82) is 0 Å². The number of carbonyl (C=O) groups excluding carboxylic acids is 2. The maximum atomic E-state index is 13.3. The largest absolute Gasteiger partial charge is 0.490 e. The molecule has 1 aliphatic rings. The molecule has 8 nitrogen and oxygen atoms in total. The van der Waals surface area contributed by atoms with Crippen molar-refractivity contribution < 1.29 is 19.1 Å². The fraction of sp³-hybridized carbons (Fsp3) is 0.370. The summed E-state index contributed by atoms with van der Waals surface area (Å²) in [5.74, 6) is 2.15. The lowest BCUT2D eigenvalue weighted by Gasteiger charge is -2.23. The average Bonchev–Trinajstić information content (AvgIpc) is 3.31. The standard InChI is InChI=1S/C27H31ClN4O4/c1-19(2)27-29-12-14-32(27)18-26(34)31-13-6-3-7-15-35-23-8-4-5-9-24(23)36-22-11-10-20(28)16-21(22)30-25(33)17-31/h4-5,8-12,14,16,19H,3,6-7,13,15,17-18H2,1-2H3,(H,30,33). The molecule has 0 saturated carbocycles. The molecule has 0 bridgehead atoms. The number of nitrogens with one attached hydrogen (secondary N) is 1. The van der Waals surface area contributed by atoms with E-state index in [0.717, 1.165) is 25.1 Å². The van der Waals surface area contributed by atoms with Gasteiger partial charge < -0.3 is 24.3 Å². The van der Waals surface area contributed by atoms with Gasteiger partial charge in [-0.3, -0.25) is 9.59 Å². The Morgan fingerprint density at radius 2 is 1.92 bits per heavy atom. The third-order valence-electron chi connectivity index (χ3n) is 5.87. The number of imidazole rings is 1. The normalized spacial score (nSPS) is 15.0. The first-order valence-corrected chi connectivity index (χ1v) is 12.6. The number of nitrogens with zero attached hydrogens (tertiary/aromatic N) is 3. The van der Waals surface area contributed by atoms with Crippen LogP contribution in [0.4, 0.5) is 5.69 Å². The molecule has 0 radical (unpaired) electrons. The van der Waals surface area contributed by atoms with Crippen LogP contribution in [0.3, 0.4) is 0 Å². The molecule has 1 aliphatic heterocycles. The number of hydrogen-bond donors (Lipinski definition) is 1. The van der Waals surface area contributed by atoms with Gasteiger partial charge in [0.2, 0.25) is 11.8 Å². The van der Waals surface area contributed by atoms with Gasteiger partial charge in [0.15, 0.2) is 17.2 Å². The molecule has 0 unspecified atom stereocenters. The summed E-state index contributed by atoms with van der Waals surface area (Å²) in [7, 11) is 0. The van der Waals surface area contributed by atoms with Gasteiger partial charge in [-0.2, -0.15) is 0 Å². The van der Waals surface area contributed by atoms with Crippen LogP contribution in [0.2, 0.25) is 5.02 Å². The lowest BCUT2D eigenvalue weighted by molar-refractivity contribution is -0.135. The summed E-state index contributed by atoms with van der Waals surface area (Å²) < 4.78 is 13.9. The quantitative estimate of drug-likeness (QED) is 0.504. The predicted molar refractivity (Wildman–Crippen MR) is 139 cm³/mol. The minimum atomic E-state index is -0.329. The molecule has 0 saturated heterocycles. The second-order valence-electron chi connectivity index (χ2n) is 9.03. The highest BCUT2D eigenvalue weighted by atomic mass is 35.5. The fourth-order valence-electron chi connectivity index (χ4n) is 4.08. The van der Waals surface area contributed by atoms with Crippen LogP contribution < -0.4 is 14.8 Å². The first-order chi connectivity index (χ1) is 17.4. The van der Waals surface area contributed by atoms with E-state index in [0.29, 0.717) is 41.1 Å². The zero-order chi connectivity index (χ0) is 25.5. The van der Waals surface area contributed by atoms with Gasteiger partial charge in [0, 0.05) is 29.9 Å². The Bertz CT molecular complexity index is 1210. The van der Waals surface area contributed by atoms with E-state index in [1.54, 1.807) is 35.5 Å². The molecule has 0 aliphatic carbocycles. The summed E-state index contributed by atoms with van der Waals surface area (Å²) in [6.07, 6.45) is 5.91. The minimum absolute atomic E-state index is 0.0798. The first-order valence-electron chi connectivity index (χ1n) is 12.2. The molecule has 190 valence electrons. The van der Waals surface area contributed by atoms with E-state index < -0.39 is 0 Å². The van der Waals surface area contributed by atoms with Gasteiger partial charge in [-0.15, -0.1) is 0 Å². The number of hydrogen-bond acceptors (Lipinski definition) is 5. The van der Waals surface area contributed by atoms with Crippen LogP contribution in [0.5, 0.6) is 17.2 Å². The lowest BCUT2D eigenvalue weighted by Crippen LogP contribution is -2.40. The SMILES string of the molecule is CC(C)c1nccn1CC(=O)N1CCCCCOc2ccccc2Oc2ccc(Cl)cc2NC(=O)C1. The molecule has 2 heterocycles. The van der Waals surface area contributed by atoms with E-state index in [1.807, 2.05) is 42.7 Å². The van der Waals surface area contributed by atoms with Crippen molar-refractivity contribution in [3.63, 3.8) is 0 Å². The maximum Gasteiger partial charge on any atom is 0.244 e. The summed E-state index contributed by atoms with van der Waals surface area (Å²) in [5.41, 5.74) is 0.418. The molecule has 3 aromatic rings. The molecular formula is C27H31ClN4O4. The van der Waals surface area contributed by atoms with Crippen molar-refractivity contribution >= 4 is 29.1 Å². The molecule has 1 aromatic heterocycles. The number of halogens is 1. The van der Waals surface area contributed by atoms with Crippen molar-refractivity contribution in [1.82, 2.24) is 14.5 Å². The van der Waals surface area contributed by atoms with E-state index in [1.165, 1.54) is 0 Å². The van der Waals surface area contributed by atoms with Crippen LogP contribution in [0.25, 0.3) is 0 Å². The highest BCUT2D eigenvalue weighted by molar-refractivity contribution is 6.31. The Morgan fingerprint density at radius 3 is 2.72 bits per heavy atom. The van der Waals surface area contributed by atoms with E-state index >= 15 is 0 Å². The number of para-hydroxylation sites is 2. The highest BCUT2D eigenvalue weighted by Gasteiger charge is 2.21. The molecule has 2 aromatic carbocycles. The third-order valence-corrected chi connectivity index (χ3v) is 6.11. The van der Waals surface area contributed by atoms with Gasteiger partial charge in [0.05, 0.1) is 18.8 Å². The zero-order valence-electron chi connectivity index (χ0n) is 20.6. The van der Waals surface area contributed by atoms with Gasteiger partial charge in [-0.25, -0.2) is 4.98 Å². The van der Waals surface area contributed by atoms with Gasteiger partial charge in [0.25, 0.3) is 0 Å². The smallest absolute Gasteiger partial charge is 0.244 e. The van der Waals surface area contributed by atoms with E-state index in [-0.39, 0.29) is 30.8 Å². The number of benzene rings is 2. The molecule has 2 amide bonds. The number of amides is 2. The third kappa shape index (κ3) is 6.57. The van der Waals surface area contributed by atoms with Gasteiger partial charge >= 0.3 is 0 Å². The van der Waals surface area contributed by atoms with Crippen LogP contribution in [0.1, 0.15) is 44.9 Å². The van der Waals surface area contributed by atoms with Gasteiger partial charge in [0.1, 0.15) is 12.4 Å². The van der Waals surface area contributed by atoms with Crippen molar-refractivity contribution in [2.75, 3.05) is 25.0 Å². The van der Waals surface area contributed by atoms with Crippen LogP contribution in [0, 0.1) is 0 Å². The van der Waals surface area contributed by atoms with Crippen LogP contribution in [0.15, 0.2) is 54.9 Å². The molecule has 4 rings (SSSR count). The topological polar surface area (TPSA) is 85.7 Å². The monoisotopic (exact) mass is 510 g/mol. The van der Waals surface area contributed by atoms with Crippen molar-refractivity contribution in [3.8, 4) is 17.2 Å². The highest BCUT2D eigenvalue weighted by Crippen LogP contribution is 2.36. The molecule has 0 atom stereocenters. The number of aromatic nitrogens is 2. The minimum Gasteiger partial charge on any atom is -0.490 e. The summed E-state index contributed by atoms with van der Waals surface area (Å²) in [4.78, 5) is 32.3. The molecule has 36 heavy (non-hydrogen) atoms. The zero-order valence-corrected chi connectivity index (χ0v) is 21.3. The van der Waals surface area contributed by atoms with Crippen LogP contribution in [-0.2, 0) is 16.1 Å². The fourth-order valence-corrected chi connectivity index (χ4v) is 4.25. The number of rotatable bonds is 3.